The Hall–Kier alpha value is -1.44. The molecule has 0 bridgehead atoms. The number of benzene rings is 1. The number of aromatic nitrogens is 2. The van der Waals surface area contributed by atoms with Gasteiger partial charge in [0.25, 0.3) is 0 Å². The van der Waals surface area contributed by atoms with E-state index < -0.39 is 0 Å². The molecule has 0 aliphatic rings. The number of nitrogens with two attached hydrogens (primary N) is 1. The molecule has 0 atom stereocenters. The van der Waals surface area contributed by atoms with Gasteiger partial charge in [0.05, 0.1) is 13.1 Å². The van der Waals surface area contributed by atoms with Crippen LogP contribution in [0.1, 0.15) is 11.7 Å². The first-order chi connectivity index (χ1) is 9.67. The monoisotopic (exact) mass is 340 g/mol. The Morgan fingerprint density at radius 1 is 1.35 bits per heavy atom. The molecule has 2 aromatic rings. The Balaban J connectivity index is 1.72. The summed E-state index contributed by atoms with van der Waals surface area (Å²) in [5.41, 5.74) is 5.42. The average molecular weight is 341 g/mol. The molecule has 7 heteroatoms. The van der Waals surface area contributed by atoms with Crippen LogP contribution in [0.3, 0.4) is 0 Å². The lowest BCUT2D eigenvalue weighted by molar-refractivity contribution is 0.227. The fourth-order valence-electron chi connectivity index (χ4n) is 1.61. The maximum atomic E-state index is 5.65. The molecule has 0 amide bonds. The highest BCUT2D eigenvalue weighted by Crippen LogP contribution is 2.15. The molecule has 1 aromatic heterocycles. The molecule has 6 nitrogen and oxygen atoms in total. The lowest BCUT2D eigenvalue weighted by Gasteiger charge is -2.14. The Kier molecular flexibility index (Phi) is 5.51. The van der Waals surface area contributed by atoms with Crippen LogP contribution in [0.5, 0.6) is 5.75 Å². The minimum atomic E-state index is 0.267. The molecular weight excluding hydrogens is 324 g/mol. The summed E-state index contributed by atoms with van der Waals surface area (Å²) < 4.78 is 11.6. The van der Waals surface area contributed by atoms with Crippen LogP contribution in [0, 0.1) is 0 Å². The first-order valence-corrected chi connectivity index (χ1v) is 7.05. The first-order valence-electron chi connectivity index (χ1n) is 6.26. The second-order valence-corrected chi connectivity index (χ2v) is 5.26. The van der Waals surface area contributed by atoms with Crippen LogP contribution in [-0.4, -0.2) is 35.2 Å². The largest absolute Gasteiger partial charge is 0.492 e. The minimum Gasteiger partial charge on any atom is -0.492 e. The molecule has 0 unspecified atom stereocenters. The molecule has 0 saturated heterocycles. The summed E-state index contributed by atoms with van der Waals surface area (Å²) in [7, 11) is 1.98. The molecule has 0 radical (unpaired) electrons. The summed E-state index contributed by atoms with van der Waals surface area (Å²) in [6.07, 6.45) is 0. The molecule has 2 N–H and O–H groups in total. The highest BCUT2D eigenvalue weighted by Gasteiger charge is 2.07. The van der Waals surface area contributed by atoms with Gasteiger partial charge in [-0.05, 0) is 31.3 Å². The van der Waals surface area contributed by atoms with Gasteiger partial charge in [-0.2, -0.15) is 4.98 Å². The SMILES string of the molecule is CN(CCOc1ccc(Br)cc1)Cc1noc(CN)n1. The standard InChI is InChI=1S/C13H17BrN4O2/c1-18(9-12-16-13(8-15)20-17-12)6-7-19-11-4-2-10(14)3-5-11/h2-5H,6-9,15H2,1H3. The van der Waals surface area contributed by atoms with E-state index in [1.54, 1.807) is 0 Å². The number of hydrogen-bond acceptors (Lipinski definition) is 6. The van der Waals surface area contributed by atoms with E-state index in [0.717, 1.165) is 16.8 Å². The third-order valence-electron chi connectivity index (χ3n) is 2.65. The molecule has 1 aromatic carbocycles. The van der Waals surface area contributed by atoms with Gasteiger partial charge in [-0.25, -0.2) is 0 Å². The summed E-state index contributed by atoms with van der Waals surface area (Å²) in [4.78, 5) is 6.21. The van der Waals surface area contributed by atoms with Crippen molar-refractivity contribution in [3.05, 3.63) is 40.5 Å². The normalized spacial score (nSPS) is 11.0. The molecule has 0 fully saturated rings. The van der Waals surface area contributed by atoms with Crippen molar-refractivity contribution >= 4 is 15.9 Å². The van der Waals surface area contributed by atoms with Crippen molar-refractivity contribution in [1.29, 1.82) is 0 Å². The van der Waals surface area contributed by atoms with Crippen molar-refractivity contribution in [2.24, 2.45) is 5.73 Å². The quantitative estimate of drug-likeness (QED) is 0.828. The van der Waals surface area contributed by atoms with Crippen molar-refractivity contribution in [2.45, 2.75) is 13.1 Å². The number of nitrogens with zero attached hydrogens (tertiary/aromatic N) is 3. The average Bonchev–Trinajstić information content (AvgIpc) is 2.88. The maximum Gasteiger partial charge on any atom is 0.240 e. The molecule has 1 heterocycles. The number of rotatable bonds is 7. The van der Waals surface area contributed by atoms with Gasteiger partial charge in [-0.1, -0.05) is 21.1 Å². The van der Waals surface area contributed by atoms with Gasteiger partial charge in [-0.15, -0.1) is 0 Å². The Morgan fingerprint density at radius 3 is 2.75 bits per heavy atom. The molecule has 2 rings (SSSR count). The lowest BCUT2D eigenvalue weighted by atomic mass is 10.3. The van der Waals surface area contributed by atoms with Gasteiger partial charge >= 0.3 is 0 Å². The fraction of sp³-hybridized carbons (Fsp3) is 0.385. The van der Waals surface area contributed by atoms with Gasteiger partial charge in [0.2, 0.25) is 5.89 Å². The van der Waals surface area contributed by atoms with Crippen LogP contribution in [0.4, 0.5) is 0 Å². The van der Waals surface area contributed by atoms with Crippen LogP contribution < -0.4 is 10.5 Å². The van der Waals surface area contributed by atoms with Gasteiger partial charge in [-0.3, -0.25) is 4.90 Å². The number of ether oxygens (including phenoxy) is 1. The van der Waals surface area contributed by atoms with E-state index in [4.69, 9.17) is 15.0 Å². The third kappa shape index (κ3) is 4.59. The molecule has 0 spiro atoms. The van der Waals surface area contributed by atoms with E-state index >= 15 is 0 Å². The van der Waals surface area contributed by atoms with Crippen LogP contribution in [0.25, 0.3) is 0 Å². The highest BCUT2D eigenvalue weighted by atomic mass is 79.9. The van der Waals surface area contributed by atoms with Crippen LogP contribution in [0.15, 0.2) is 33.3 Å². The van der Waals surface area contributed by atoms with E-state index in [0.29, 0.717) is 24.9 Å². The summed E-state index contributed by atoms with van der Waals surface area (Å²) in [5.74, 6) is 1.95. The van der Waals surface area contributed by atoms with E-state index in [9.17, 15) is 0 Å². The Morgan fingerprint density at radius 2 is 2.10 bits per heavy atom. The molecule has 108 valence electrons. The Bertz CT molecular complexity index is 529. The molecule has 0 aliphatic carbocycles. The number of likely N-dealkylation sites (N-methyl/N-ethyl adjacent to an activating group) is 1. The topological polar surface area (TPSA) is 77.4 Å². The van der Waals surface area contributed by atoms with Crippen LogP contribution in [0.2, 0.25) is 0 Å². The van der Waals surface area contributed by atoms with E-state index in [2.05, 4.69) is 31.0 Å². The predicted molar refractivity (Wildman–Crippen MR) is 78.2 cm³/mol. The smallest absolute Gasteiger partial charge is 0.240 e. The summed E-state index contributed by atoms with van der Waals surface area (Å²) >= 11 is 3.39. The zero-order chi connectivity index (χ0) is 14.4. The molecule has 0 aliphatic heterocycles. The maximum absolute atomic E-state index is 5.65. The zero-order valence-corrected chi connectivity index (χ0v) is 12.8. The van der Waals surface area contributed by atoms with Crippen molar-refractivity contribution in [3.63, 3.8) is 0 Å². The van der Waals surface area contributed by atoms with Gasteiger partial charge in [0.1, 0.15) is 12.4 Å². The summed E-state index contributed by atoms with van der Waals surface area (Å²) in [6.45, 7) is 2.24. The molecule has 0 saturated carbocycles. The van der Waals surface area contributed by atoms with Crippen molar-refractivity contribution in [1.82, 2.24) is 15.0 Å². The van der Waals surface area contributed by atoms with Crippen molar-refractivity contribution < 1.29 is 9.26 Å². The molecule has 20 heavy (non-hydrogen) atoms. The summed E-state index contributed by atoms with van der Waals surface area (Å²) in [6, 6.07) is 7.76. The van der Waals surface area contributed by atoms with Crippen LogP contribution in [-0.2, 0) is 13.1 Å². The number of halogens is 1. The van der Waals surface area contributed by atoms with Crippen LogP contribution >= 0.6 is 15.9 Å². The van der Waals surface area contributed by atoms with Gasteiger partial charge in [0, 0.05) is 11.0 Å². The second-order valence-electron chi connectivity index (χ2n) is 4.35. The molecular formula is C13H17BrN4O2. The number of hydrogen-bond donors (Lipinski definition) is 1. The fourth-order valence-corrected chi connectivity index (χ4v) is 1.87. The van der Waals surface area contributed by atoms with Crippen molar-refractivity contribution in [3.8, 4) is 5.75 Å². The zero-order valence-electron chi connectivity index (χ0n) is 11.3. The predicted octanol–water partition coefficient (Wildman–Crippen LogP) is 1.80. The van der Waals surface area contributed by atoms with Gasteiger partial charge in [0.15, 0.2) is 5.82 Å². The minimum absolute atomic E-state index is 0.267. The highest BCUT2D eigenvalue weighted by molar-refractivity contribution is 9.10. The van der Waals surface area contributed by atoms with E-state index in [1.165, 1.54) is 0 Å². The third-order valence-corrected chi connectivity index (χ3v) is 3.18. The van der Waals surface area contributed by atoms with E-state index in [-0.39, 0.29) is 6.54 Å². The Labute approximate surface area is 126 Å². The van der Waals surface area contributed by atoms with Crippen molar-refractivity contribution in [2.75, 3.05) is 20.2 Å². The lowest BCUT2D eigenvalue weighted by Crippen LogP contribution is -2.24. The summed E-state index contributed by atoms with van der Waals surface area (Å²) in [5, 5.41) is 3.85. The first kappa shape index (κ1) is 15.0. The second kappa shape index (κ2) is 7.37. The van der Waals surface area contributed by atoms with E-state index in [1.807, 2.05) is 31.3 Å². The van der Waals surface area contributed by atoms with Gasteiger partial charge < -0.3 is 15.0 Å².